The fraction of sp³-hybridized carbons (Fsp3) is 0.222. The van der Waals surface area contributed by atoms with Crippen LogP contribution in [0.1, 0.15) is 26.3 Å². The topological polar surface area (TPSA) is 105 Å². The summed E-state index contributed by atoms with van der Waals surface area (Å²) in [6, 6.07) is 12.5. The molecule has 8 nitrogen and oxygen atoms in total. The van der Waals surface area contributed by atoms with Gasteiger partial charge in [0, 0.05) is 31.8 Å². The number of sulfonamides is 1. The normalized spacial score (nSPS) is 11.3. The van der Waals surface area contributed by atoms with Crippen molar-refractivity contribution in [2.75, 3.05) is 21.2 Å². The van der Waals surface area contributed by atoms with Crippen molar-refractivity contribution in [3.63, 3.8) is 0 Å². The van der Waals surface area contributed by atoms with Gasteiger partial charge in [0.15, 0.2) is 0 Å². The molecule has 0 heterocycles. The molecule has 0 spiro atoms. The zero-order chi connectivity index (χ0) is 20.0. The van der Waals surface area contributed by atoms with Gasteiger partial charge in [-0.25, -0.2) is 8.42 Å². The largest absolute Gasteiger partial charge is 0.355 e. The Morgan fingerprint density at radius 3 is 2.30 bits per heavy atom. The van der Waals surface area contributed by atoms with Crippen molar-refractivity contribution in [3.05, 3.63) is 65.2 Å². The number of nitrogens with one attached hydrogen (secondary N) is 2. The number of rotatable bonds is 7. The molecule has 0 bridgehead atoms. The molecule has 27 heavy (non-hydrogen) atoms. The highest BCUT2D eigenvalue weighted by molar-refractivity contribution is 7.89. The Morgan fingerprint density at radius 1 is 1.04 bits per heavy atom. The summed E-state index contributed by atoms with van der Waals surface area (Å²) in [6.07, 6.45) is 0. The van der Waals surface area contributed by atoms with Gasteiger partial charge in [-0.2, -0.15) is 0 Å². The molecular weight excluding hydrogens is 370 g/mol. The van der Waals surface area contributed by atoms with Gasteiger partial charge in [-0.1, -0.05) is 22.7 Å². The molecule has 0 aromatic heterocycles. The minimum absolute atomic E-state index is 0.0468. The molecule has 0 aliphatic heterocycles. The second-order valence-electron chi connectivity index (χ2n) is 5.58. The quantitative estimate of drug-likeness (QED) is 0.689. The van der Waals surface area contributed by atoms with E-state index in [4.69, 9.17) is 4.84 Å². The lowest BCUT2D eigenvalue weighted by atomic mass is 10.1. The maximum Gasteiger partial charge on any atom is 0.264 e. The summed E-state index contributed by atoms with van der Waals surface area (Å²) in [5.74, 6) is -0.605. The Morgan fingerprint density at radius 2 is 1.70 bits per heavy atom. The van der Waals surface area contributed by atoms with E-state index in [1.54, 1.807) is 31.3 Å². The van der Waals surface area contributed by atoms with Crippen molar-refractivity contribution in [2.45, 2.75) is 11.4 Å². The number of nitrogens with zero attached hydrogens (tertiary/aromatic N) is 1. The average Bonchev–Trinajstić information content (AvgIpc) is 2.71. The lowest BCUT2D eigenvalue weighted by molar-refractivity contribution is -0.0258. The average molecular weight is 391 g/mol. The molecule has 9 heteroatoms. The van der Waals surface area contributed by atoms with Crippen LogP contribution in [-0.4, -0.2) is 45.9 Å². The first kappa shape index (κ1) is 20.6. The minimum Gasteiger partial charge on any atom is -0.355 e. The van der Waals surface area contributed by atoms with Gasteiger partial charge in [0.05, 0.1) is 12.0 Å². The second kappa shape index (κ2) is 8.76. The van der Waals surface area contributed by atoms with Gasteiger partial charge in [0.25, 0.3) is 21.8 Å². The van der Waals surface area contributed by atoms with Gasteiger partial charge in [0.1, 0.15) is 0 Å². The standard InChI is InChI=1S/C18H21N3O5S/c1-19-17(22)14-9-7-13(8-10-14)12-20-18(23)15-5-4-6-16(11-15)27(24,25)21(2)26-3/h4-11H,12H2,1-3H3,(H,19,22)(H,20,23). The van der Waals surface area contributed by atoms with Crippen LogP contribution in [0, 0.1) is 0 Å². The van der Waals surface area contributed by atoms with Crippen molar-refractivity contribution < 1.29 is 22.8 Å². The molecule has 2 amide bonds. The Labute approximate surface area is 158 Å². The highest BCUT2D eigenvalue weighted by atomic mass is 32.2. The molecule has 2 aromatic rings. The number of benzene rings is 2. The molecule has 0 fully saturated rings. The van der Waals surface area contributed by atoms with Gasteiger partial charge in [-0.05, 0) is 35.9 Å². The molecule has 0 radical (unpaired) electrons. The van der Waals surface area contributed by atoms with Gasteiger partial charge < -0.3 is 10.6 Å². The molecular formula is C18H21N3O5S. The van der Waals surface area contributed by atoms with Crippen molar-refractivity contribution in [2.24, 2.45) is 0 Å². The third-order valence-electron chi connectivity index (χ3n) is 3.89. The zero-order valence-electron chi connectivity index (χ0n) is 15.2. The summed E-state index contributed by atoms with van der Waals surface area (Å²) in [5, 5.41) is 5.25. The lowest BCUT2D eigenvalue weighted by Gasteiger charge is -2.14. The summed E-state index contributed by atoms with van der Waals surface area (Å²) in [4.78, 5) is 28.5. The predicted molar refractivity (Wildman–Crippen MR) is 99.4 cm³/mol. The van der Waals surface area contributed by atoms with E-state index in [1.165, 1.54) is 38.4 Å². The molecule has 144 valence electrons. The SMILES string of the molecule is CNC(=O)c1ccc(CNC(=O)c2cccc(S(=O)(=O)N(C)OC)c2)cc1. The van der Waals surface area contributed by atoms with Crippen LogP contribution in [0.4, 0.5) is 0 Å². The predicted octanol–water partition coefficient (Wildman–Crippen LogP) is 1.16. The van der Waals surface area contributed by atoms with Crippen molar-refractivity contribution >= 4 is 21.8 Å². The molecule has 0 atom stereocenters. The maximum absolute atomic E-state index is 12.3. The smallest absolute Gasteiger partial charge is 0.264 e. The van der Waals surface area contributed by atoms with Gasteiger partial charge in [-0.3, -0.25) is 14.4 Å². The van der Waals surface area contributed by atoms with Gasteiger partial charge >= 0.3 is 0 Å². The van der Waals surface area contributed by atoms with E-state index < -0.39 is 15.9 Å². The molecule has 0 saturated carbocycles. The van der Waals surface area contributed by atoms with E-state index >= 15 is 0 Å². The molecule has 0 aliphatic carbocycles. The summed E-state index contributed by atoms with van der Waals surface area (Å²) in [5.41, 5.74) is 1.54. The molecule has 0 aliphatic rings. The third-order valence-corrected chi connectivity index (χ3v) is 5.56. The van der Waals surface area contributed by atoms with Crippen LogP contribution in [0.3, 0.4) is 0 Å². The van der Waals surface area contributed by atoms with Crippen molar-refractivity contribution in [1.82, 2.24) is 15.1 Å². The minimum atomic E-state index is -3.83. The number of hydrogen-bond acceptors (Lipinski definition) is 5. The van der Waals surface area contributed by atoms with Crippen LogP contribution in [-0.2, 0) is 21.4 Å². The first-order chi connectivity index (χ1) is 12.8. The maximum atomic E-state index is 12.3. The summed E-state index contributed by atoms with van der Waals surface area (Å²) < 4.78 is 25.3. The van der Waals surface area contributed by atoms with E-state index in [2.05, 4.69) is 10.6 Å². The summed E-state index contributed by atoms with van der Waals surface area (Å²) in [7, 11) is 0.224. The van der Waals surface area contributed by atoms with Crippen LogP contribution in [0.2, 0.25) is 0 Å². The van der Waals surface area contributed by atoms with Crippen LogP contribution in [0.25, 0.3) is 0 Å². The Kier molecular flexibility index (Phi) is 6.67. The van der Waals surface area contributed by atoms with Crippen molar-refractivity contribution in [1.29, 1.82) is 0 Å². The van der Waals surface area contributed by atoms with E-state index in [0.29, 0.717) is 5.56 Å². The van der Waals surface area contributed by atoms with E-state index in [0.717, 1.165) is 10.0 Å². The number of amides is 2. The van der Waals surface area contributed by atoms with Crippen LogP contribution >= 0.6 is 0 Å². The number of carbonyl (C=O) groups is 2. The molecule has 0 saturated heterocycles. The fourth-order valence-electron chi connectivity index (χ4n) is 2.25. The zero-order valence-corrected chi connectivity index (χ0v) is 16.0. The van der Waals surface area contributed by atoms with E-state index in [1.807, 2.05) is 0 Å². The number of hydroxylamine groups is 1. The fourth-order valence-corrected chi connectivity index (χ4v) is 3.27. The highest BCUT2D eigenvalue weighted by Crippen LogP contribution is 2.16. The number of hydrogen-bond donors (Lipinski definition) is 2. The Balaban J connectivity index is 2.08. The molecule has 2 N–H and O–H groups in total. The number of carbonyl (C=O) groups excluding carboxylic acids is 2. The summed E-state index contributed by atoms with van der Waals surface area (Å²) in [6.45, 7) is 0.238. The lowest BCUT2D eigenvalue weighted by Crippen LogP contribution is -2.27. The van der Waals surface area contributed by atoms with Crippen LogP contribution in [0.5, 0.6) is 0 Å². The van der Waals surface area contributed by atoms with Gasteiger partial charge in [0.2, 0.25) is 0 Å². The molecule has 2 rings (SSSR count). The Hall–Kier alpha value is -2.75. The van der Waals surface area contributed by atoms with E-state index in [9.17, 15) is 18.0 Å². The monoisotopic (exact) mass is 391 g/mol. The van der Waals surface area contributed by atoms with Crippen LogP contribution in [0.15, 0.2) is 53.4 Å². The third kappa shape index (κ3) is 4.91. The summed E-state index contributed by atoms with van der Waals surface area (Å²) >= 11 is 0. The van der Waals surface area contributed by atoms with E-state index in [-0.39, 0.29) is 22.9 Å². The van der Waals surface area contributed by atoms with Crippen molar-refractivity contribution in [3.8, 4) is 0 Å². The first-order valence-corrected chi connectivity index (χ1v) is 9.46. The first-order valence-electron chi connectivity index (χ1n) is 8.02. The second-order valence-corrected chi connectivity index (χ2v) is 7.52. The van der Waals surface area contributed by atoms with Crippen LogP contribution < -0.4 is 10.6 Å². The molecule has 2 aromatic carbocycles. The Bertz CT molecular complexity index is 926. The molecule has 0 unspecified atom stereocenters. The highest BCUT2D eigenvalue weighted by Gasteiger charge is 2.21. The van der Waals surface area contributed by atoms with Gasteiger partial charge in [-0.15, -0.1) is 0 Å².